The maximum Gasteiger partial charge on any atom is 0.299 e. The highest BCUT2D eigenvalue weighted by atomic mass is 16.6. The van der Waals surface area contributed by atoms with Gasteiger partial charge in [0.2, 0.25) is 0 Å². The lowest BCUT2D eigenvalue weighted by Gasteiger charge is -2.11. The second kappa shape index (κ2) is 8.70. The van der Waals surface area contributed by atoms with Crippen molar-refractivity contribution in [3.05, 3.63) is 101 Å². The number of hydrogen-bond acceptors (Lipinski definition) is 10. The number of nitro benzene ring substituents is 4. The average molecular weight is 440 g/mol. The van der Waals surface area contributed by atoms with Gasteiger partial charge in [0, 0.05) is 23.5 Å². The van der Waals surface area contributed by atoms with E-state index in [1.54, 1.807) is 18.2 Å². The minimum absolute atomic E-state index is 0.000864. The fourth-order valence-corrected chi connectivity index (χ4v) is 2.77. The van der Waals surface area contributed by atoms with Crippen molar-refractivity contribution in [1.82, 2.24) is 0 Å². The Bertz CT molecular complexity index is 1170. The van der Waals surface area contributed by atoms with Crippen LogP contribution in [0.1, 0.15) is 0 Å². The summed E-state index contributed by atoms with van der Waals surface area (Å²) in [6.45, 7) is 0. The summed E-state index contributed by atoms with van der Waals surface area (Å²) in [6, 6.07) is 12.4. The molecule has 0 bridgehead atoms. The van der Waals surface area contributed by atoms with Gasteiger partial charge in [-0.15, -0.1) is 0 Å². The van der Waals surface area contributed by atoms with Gasteiger partial charge in [-0.3, -0.25) is 40.5 Å². The van der Waals surface area contributed by atoms with E-state index in [4.69, 9.17) is 0 Å². The summed E-state index contributed by atoms with van der Waals surface area (Å²) in [6.07, 6.45) is 0. The zero-order valence-corrected chi connectivity index (χ0v) is 15.8. The molecule has 0 aliphatic heterocycles. The molecule has 162 valence electrons. The van der Waals surface area contributed by atoms with Gasteiger partial charge in [-0.25, -0.2) is 0 Å². The Morgan fingerprint density at radius 3 is 1.28 bits per heavy atom. The minimum Gasteiger partial charge on any atom is -0.350 e. The zero-order chi connectivity index (χ0) is 23.4. The third kappa shape index (κ3) is 4.70. The molecule has 0 unspecified atom stereocenters. The second-order valence-electron chi connectivity index (χ2n) is 6.26. The molecular formula is C18H12N6O8. The molecule has 0 amide bonds. The van der Waals surface area contributed by atoms with Gasteiger partial charge in [-0.2, -0.15) is 0 Å². The largest absolute Gasteiger partial charge is 0.350 e. The molecule has 0 aliphatic rings. The van der Waals surface area contributed by atoms with E-state index in [1.807, 2.05) is 0 Å². The molecule has 14 nitrogen and oxygen atoms in total. The first-order valence-electron chi connectivity index (χ1n) is 8.65. The van der Waals surface area contributed by atoms with Crippen LogP contribution < -0.4 is 10.6 Å². The number of nitro groups is 4. The predicted octanol–water partition coefficient (Wildman–Crippen LogP) is 4.81. The van der Waals surface area contributed by atoms with Crippen LogP contribution in [0.5, 0.6) is 0 Å². The smallest absolute Gasteiger partial charge is 0.299 e. The standard InChI is InChI=1S/C18H12N6O8/c25-21(26)13-4-6-15(17(9-13)23(29)30)19-11-2-1-3-12(8-11)20-16-7-5-14(22(27)28)10-18(16)24(31)32/h1-10,19-20H. The van der Waals surface area contributed by atoms with Crippen LogP contribution in [0, 0.1) is 40.5 Å². The van der Waals surface area contributed by atoms with Crippen LogP contribution in [0.15, 0.2) is 60.7 Å². The number of nitrogens with zero attached hydrogens (tertiary/aromatic N) is 4. The number of non-ortho nitro benzene ring substituents is 2. The normalized spacial score (nSPS) is 10.2. The van der Waals surface area contributed by atoms with Gasteiger partial charge in [-0.1, -0.05) is 6.07 Å². The average Bonchev–Trinajstić information content (AvgIpc) is 2.74. The summed E-state index contributed by atoms with van der Waals surface area (Å²) in [5.41, 5.74) is -1.22. The van der Waals surface area contributed by atoms with E-state index < -0.39 is 42.4 Å². The highest BCUT2D eigenvalue weighted by Crippen LogP contribution is 2.34. The number of hydrogen-bond donors (Lipinski definition) is 2. The van der Waals surface area contributed by atoms with Gasteiger partial charge in [0.15, 0.2) is 0 Å². The van der Waals surface area contributed by atoms with Crippen molar-refractivity contribution >= 4 is 45.5 Å². The van der Waals surface area contributed by atoms with Crippen LogP contribution in [0.25, 0.3) is 0 Å². The Kier molecular flexibility index (Phi) is 5.86. The first kappa shape index (κ1) is 21.6. The number of anilines is 4. The lowest BCUT2D eigenvalue weighted by molar-refractivity contribution is -0.393. The lowest BCUT2D eigenvalue weighted by atomic mass is 10.2. The van der Waals surface area contributed by atoms with Crippen molar-refractivity contribution in [2.75, 3.05) is 10.6 Å². The molecule has 3 aromatic carbocycles. The van der Waals surface area contributed by atoms with E-state index in [-0.39, 0.29) is 11.4 Å². The summed E-state index contributed by atoms with van der Waals surface area (Å²) in [4.78, 5) is 41.3. The first-order chi connectivity index (χ1) is 15.2. The highest BCUT2D eigenvalue weighted by Gasteiger charge is 2.21. The second-order valence-corrected chi connectivity index (χ2v) is 6.26. The van der Waals surface area contributed by atoms with Crippen molar-refractivity contribution in [2.45, 2.75) is 0 Å². The number of rotatable bonds is 8. The Labute approximate surface area is 177 Å². The van der Waals surface area contributed by atoms with E-state index in [0.717, 1.165) is 24.3 Å². The van der Waals surface area contributed by atoms with E-state index >= 15 is 0 Å². The predicted molar refractivity (Wildman–Crippen MR) is 113 cm³/mol. The van der Waals surface area contributed by atoms with Crippen molar-refractivity contribution in [1.29, 1.82) is 0 Å². The van der Waals surface area contributed by atoms with Crippen LogP contribution >= 0.6 is 0 Å². The third-order valence-corrected chi connectivity index (χ3v) is 4.20. The van der Waals surface area contributed by atoms with Crippen LogP contribution in [0.4, 0.5) is 45.5 Å². The van der Waals surface area contributed by atoms with Gasteiger partial charge < -0.3 is 10.6 Å². The molecule has 0 aromatic heterocycles. The molecule has 0 fully saturated rings. The van der Waals surface area contributed by atoms with Gasteiger partial charge in [0.05, 0.1) is 31.8 Å². The molecule has 3 aromatic rings. The van der Waals surface area contributed by atoms with Gasteiger partial charge in [-0.05, 0) is 30.3 Å². The lowest BCUT2D eigenvalue weighted by Crippen LogP contribution is -2.00. The number of benzene rings is 3. The molecule has 0 heterocycles. The molecule has 0 saturated heterocycles. The SMILES string of the molecule is O=[N+]([O-])c1ccc(Nc2cccc(Nc3ccc([N+](=O)[O-])cc3[N+](=O)[O-])c2)c([N+](=O)[O-])c1. The Morgan fingerprint density at radius 1 is 0.531 bits per heavy atom. The fourth-order valence-electron chi connectivity index (χ4n) is 2.77. The Balaban J connectivity index is 1.91. The van der Waals surface area contributed by atoms with Crippen molar-refractivity contribution in [3.8, 4) is 0 Å². The Morgan fingerprint density at radius 2 is 0.938 bits per heavy atom. The first-order valence-corrected chi connectivity index (χ1v) is 8.65. The van der Waals surface area contributed by atoms with E-state index in [1.165, 1.54) is 18.2 Å². The van der Waals surface area contributed by atoms with Crippen LogP contribution in [0.3, 0.4) is 0 Å². The molecule has 0 aliphatic carbocycles. The van der Waals surface area contributed by atoms with Crippen molar-refractivity contribution < 1.29 is 19.7 Å². The maximum absolute atomic E-state index is 11.3. The molecule has 0 spiro atoms. The quantitative estimate of drug-likeness (QED) is 0.362. The zero-order valence-electron chi connectivity index (χ0n) is 15.8. The molecule has 2 N–H and O–H groups in total. The highest BCUT2D eigenvalue weighted by molar-refractivity contribution is 5.76. The van der Waals surface area contributed by atoms with Gasteiger partial charge in [0.1, 0.15) is 11.4 Å². The molecule has 32 heavy (non-hydrogen) atoms. The fraction of sp³-hybridized carbons (Fsp3) is 0. The van der Waals surface area contributed by atoms with E-state index in [9.17, 15) is 40.5 Å². The molecule has 3 rings (SSSR count). The summed E-state index contributed by atoms with van der Waals surface area (Å²) in [5.74, 6) is 0. The molecule has 0 atom stereocenters. The summed E-state index contributed by atoms with van der Waals surface area (Å²) < 4.78 is 0. The van der Waals surface area contributed by atoms with Crippen molar-refractivity contribution in [3.63, 3.8) is 0 Å². The topological polar surface area (TPSA) is 197 Å². The minimum atomic E-state index is -0.766. The van der Waals surface area contributed by atoms with Gasteiger partial charge in [0.25, 0.3) is 22.7 Å². The maximum atomic E-state index is 11.3. The van der Waals surface area contributed by atoms with Gasteiger partial charge >= 0.3 is 0 Å². The third-order valence-electron chi connectivity index (χ3n) is 4.20. The van der Waals surface area contributed by atoms with Crippen LogP contribution in [0.2, 0.25) is 0 Å². The van der Waals surface area contributed by atoms with E-state index in [2.05, 4.69) is 10.6 Å². The van der Waals surface area contributed by atoms with Crippen LogP contribution in [-0.2, 0) is 0 Å². The summed E-state index contributed by atoms with van der Waals surface area (Å²) in [5, 5.41) is 49.9. The Hall–Kier alpha value is -5.14. The molecule has 14 heteroatoms. The monoisotopic (exact) mass is 440 g/mol. The van der Waals surface area contributed by atoms with Crippen LogP contribution in [-0.4, -0.2) is 19.7 Å². The number of nitrogens with one attached hydrogen (secondary N) is 2. The summed E-state index contributed by atoms with van der Waals surface area (Å²) >= 11 is 0. The van der Waals surface area contributed by atoms with E-state index in [0.29, 0.717) is 11.4 Å². The molecule has 0 saturated carbocycles. The molecule has 0 radical (unpaired) electrons. The van der Waals surface area contributed by atoms with Crippen molar-refractivity contribution in [2.24, 2.45) is 0 Å². The summed E-state index contributed by atoms with van der Waals surface area (Å²) in [7, 11) is 0. The molecular weight excluding hydrogens is 428 g/mol.